The summed E-state index contributed by atoms with van der Waals surface area (Å²) >= 11 is 0. The van der Waals surface area contributed by atoms with E-state index in [0.717, 1.165) is 43.0 Å². The van der Waals surface area contributed by atoms with Crippen LogP contribution in [0.25, 0.3) is 17.1 Å². The molecule has 150 valence electrons. The molecular formula is C25H23FN4. The van der Waals surface area contributed by atoms with Gasteiger partial charge in [-0.15, -0.1) is 0 Å². The van der Waals surface area contributed by atoms with Gasteiger partial charge in [0.1, 0.15) is 5.82 Å². The van der Waals surface area contributed by atoms with Crippen molar-refractivity contribution in [3.05, 3.63) is 96.6 Å². The molecule has 0 amide bonds. The average Bonchev–Trinajstić information content (AvgIpc) is 3.26. The molecule has 1 aliphatic rings. The molecule has 2 aromatic carbocycles. The van der Waals surface area contributed by atoms with Gasteiger partial charge in [-0.1, -0.05) is 24.3 Å². The molecule has 0 unspecified atom stereocenters. The van der Waals surface area contributed by atoms with Crippen molar-refractivity contribution >= 4 is 5.69 Å². The van der Waals surface area contributed by atoms with Crippen molar-refractivity contribution < 1.29 is 4.39 Å². The first kappa shape index (κ1) is 18.6. The fraction of sp³-hybridized carbons (Fsp3) is 0.200. The van der Waals surface area contributed by atoms with Crippen LogP contribution in [0.15, 0.2) is 85.1 Å². The highest BCUT2D eigenvalue weighted by molar-refractivity contribution is 5.60. The Kier molecular flexibility index (Phi) is 5.01. The van der Waals surface area contributed by atoms with E-state index in [9.17, 15) is 4.39 Å². The van der Waals surface area contributed by atoms with E-state index in [4.69, 9.17) is 5.10 Å². The lowest BCUT2D eigenvalue weighted by atomic mass is 9.92. The Labute approximate surface area is 175 Å². The summed E-state index contributed by atoms with van der Waals surface area (Å²) in [4.78, 5) is 6.96. The maximum absolute atomic E-state index is 13.4. The summed E-state index contributed by atoms with van der Waals surface area (Å²) in [6.45, 7) is 2.02. The number of hydrogen-bond acceptors (Lipinski definition) is 3. The summed E-state index contributed by atoms with van der Waals surface area (Å²) in [6.07, 6.45) is 3.89. The zero-order valence-corrected chi connectivity index (χ0v) is 16.7. The zero-order valence-electron chi connectivity index (χ0n) is 16.7. The Balaban J connectivity index is 1.46. The van der Waals surface area contributed by atoms with Crippen LogP contribution in [0.4, 0.5) is 10.1 Å². The maximum atomic E-state index is 13.4. The highest BCUT2D eigenvalue weighted by Crippen LogP contribution is 2.33. The largest absolute Gasteiger partial charge is 0.371 e. The number of para-hydroxylation sites is 1. The maximum Gasteiger partial charge on any atom is 0.153 e. The molecule has 4 aromatic rings. The molecule has 3 heterocycles. The van der Waals surface area contributed by atoms with Gasteiger partial charge in [0, 0.05) is 42.1 Å². The van der Waals surface area contributed by atoms with Gasteiger partial charge in [-0.25, -0.2) is 14.1 Å². The summed E-state index contributed by atoms with van der Waals surface area (Å²) in [7, 11) is 0. The second-order valence-electron chi connectivity index (χ2n) is 7.66. The van der Waals surface area contributed by atoms with E-state index in [-0.39, 0.29) is 5.82 Å². The average molecular weight is 398 g/mol. The molecule has 0 radical (unpaired) electrons. The summed E-state index contributed by atoms with van der Waals surface area (Å²) < 4.78 is 15.3. The first-order valence-electron chi connectivity index (χ1n) is 10.4. The van der Waals surface area contributed by atoms with Crippen molar-refractivity contribution in [1.29, 1.82) is 0 Å². The predicted molar refractivity (Wildman–Crippen MR) is 117 cm³/mol. The quantitative estimate of drug-likeness (QED) is 0.458. The summed E-state index contributed by atoms with van der Waals surface area (Å²) in [5.41, 5.74) is 4.21. The van der Waals surface area contributed by atoms with E-state index in [1.54, 1.807) is 18.3 Å². The van der Waals surface area contributed by atoms with Gasteiger partial charge in [0.15, 0.2) is 5.82 Å². The molecule has 0 saturated carbocycles. The second kappa shape index (κ2) is 8.11. The SMILES string of the molecule is Fc1ccc(-c2cc(C3CCN(c4ccccc4)CC3)n(-c3ccccn3)n2)cc1. The Morgan fingerprint density at radius 1 is 0.833 bits per heavy atom. The number of rotatable bonds is 4. The molecule has 0 aliphatic carbocycles. The number of hydrogen-bond donors (Lipinski definition) is 0. The van der Waals surface area contributed by atoms with Gasteiger partial charge in [-0.05, 0) is 67.4 Å². The molecule has 0 N–H and O–H groups in total. The van der Waals surface area contributed by atoms with Crippen molar-refractivity contribution in [3.63, 3.8) is 0 Å². The van der Waals surface area contributed by atoms with Crippen molar-refractivity contribution in [2.45, 2.75) is 18.8 Å². The second-order valence-corrected chi connectivity index (χ2v) is 7.66. The monoisotopic (exact) mass is 398 g/mol. The molecule has 1 fully saturated rings. The molecule has 2 aromatic heterocycles. The van der Waals surface area contributed by atoms with Gasteiger partial charge in [-0.2, -0.15) is 5.10 Å². The number of halogens is 1. The normalized spacial score (nSPS) is 14.8. The van der Waals surface area contributed by atoms with E-state index in [1.165, 1.54) is 23.5 Å². The molecule has 1 aliphatic heterocycles. The third-order valence-corrected chi connectivity index (χ3v) is 5.78. The minimum absolute atomic E-state index is 0.239. The molecule has 5 heteroatoms. The number of anilines is 1. The van der Waals surface area contributed by atoms with Crippen LogP contribution < -0.4 is 4.90 Å². The third-order valence-electron chi connectivity index (χ3n) is 5.78. The number of piperidine rings is 1. The van der Waals surface area contributed by atoms with Crippen LogP contribution in [0, 0.1) is 5.82 Å². The predicted octanol–water partition coefficient (Wildman–Crippen LogP) is 5.46. The van der Waals surface area contributed by atoms with Crippen LogP contribution in [-0.2, 0) is 0 Å². The molecule has 4 nitrogen and oxygen atoms in total. The fourth-order valence-electron chi connectivity index (χ4n) is 4.18. The van der Waals surface area contributed by atoms with Gasteiger partial charge in [-0.3, -0.25) is 0 Å². The molecule has 30 heavy (non-hydrogen) atoms. The molecule has 0 spiro atoms. The number of nitrogens with zero attached hydrogens (tertiary/aromatic N) is 4. The standard InChI is InChI=1S/C25H23FN4/c26-21-11-9-19(10-12-21)23-18-24(30(28-23)25-8-4-5-15-27-25)20-13-16-29(17-14-20)22-6-2-1-3-7-22/h1-12,15,18,20H,13-14,16-17H2. The zero-order chi connectivity index (χ0) is 20.3. The molecule has 1 saturated heterocycles. The van der Waals surface area contributed by atoms with E-state index in [2.05, 4.69) is 46.3 Å². The lowest BCUT2D eigenvalue weighted by Crippen LogP contribution is -2.33. The molecule has 0 bridgehead atoms. The van der Waals surface area contributed by atoms with Crippen LogP contribution in [0.2, 0.25) is 0 Å². The summed E-state index contributed by atoms with van der Waals surface area (Å²) in [5, 5.41) is 4.85. The van der Waals surface area contributed by atoms with Crippen LogP contribution in [0.1, 0.15) is 24.5 Å². The van der Waals surface area contributed by atoms with Crippen molar-refractivity contribution in [1.82, 2.24) is 14.8 Å². The summed E-state index contributed by atoms with van der Waals surface area (Å²) in [5.74, 6) is 0.969. The molecule has 0 atom stereocenters. The lowest BCUT2D eigenvalue weighted by Gasteiger charge is -2.33. The Morgan fingerprint density at radius 3 is 2.27 bits per heavy atom. The van der Waals surface area contributed by atoms with Gasteiger partial charge < -0.3 is 4.90 Å². The van der Waals surface area contributed by atoms with Crippen LogP contribution in [0.3, 0.4) is 0 Å². The Morgan fingerprint density at radius 2 is 1.57 bits per heavy atom. The van der Waals surface area contributed by atoms with Gasteiger partial charge in [0.25, 0.3) is 0 Å². The van der Waals surface area contributed by atoms with Crippen LogP contribution >= 0.6 is 0 Å². The first-order chi connectivity index (χ1) is 14.8. The van der Waals surface area contributed by atoms with E-state index < -0.39 is 0 Å². The minimum atomic E-state index is -0.239. The molecule has 5 rings (SSSR count). The Hall–Kier alpha value is -3.47. The lowest BCUT2D eigenvalue weighted by molar-refractivity contribution is 0.485. The minimum Gasteiger partial charge on any atom is -0.371 e. The van der Waals surface area contributed by atoms with Crippen molar-refractivity contribution in [2.24, 2.45) is 0 Å². The highest BCUT2D eigenvalue weighted by atomic mass is 19.1. The van der Waals surface area contributed by atoms with Gasteiger partial charge in [0.05, 0.1) is 5.69 Å². The summed E-state index contributed by atoms with van der Waals surface area (Å²) in [6, 6.07) is 25.1. The number of pyridine rings is 1. The Bertz CT molecular complexity index is 1100. The number of aromatic nitrogens is 3. The van der Waals surface area contributed by atoms with Crippen LogP contribution in [0.5, 0.6) is 0 Å². The van der Waals surface area contributed by atoms with Gasteiger partial charge >= 0.3 is 0 Å². The van der Waals surface area contributed by atoms with Gasteiger partial charge in [0.2, 0.25) is 0 Å². The first-order valence-corrected chi connectivity index (χ1v) is 10.4. The van der Waals surface area contributed by atoms with E-state index in [1.807, 2.05) is 22.9 Å². The van der Waals surface area contributed by atoms with Crippen molar-refractivity contribution in [3.8, 4) is 17.1 Å². The van der Waals surface area contributed by atoms with Crippen LogP contribution in [-0.4, -0.2) is 27.9 Å². The fourth-order valence-corrected chi connectivity index (χ4v) is 4.18. The topological polar surface area (TPSA) is 34.0 Å². The third kappa shape index (κ3) is 3.71. The van der Waals surface area contributed by atoms with E-state index in [0.29, 0.717) is 5.92 Å². The van der Waals surface area contributed by atoms with E-state index >= 15 is 0 Å². The molecular weight excluding hydrogens is 375 g/mol. The smallest absolute Gasteiger partial charge is 0.153 e. The highest BCUT2D eigenvalue weighted by Gasteiger charge is 2.25. The van der Waals surface area contributed by atoms with Crippen molar-refractivity contribution in [2.75, 3.05) is 18.0 Å². The number of benzene rings is 2.